The molecule has 13 nitrogen and oxygen atoms in total. The normalized spacial score (nSPS) is 11.4. The molecule has 0 aliphatic heterocycles. The molecule has 3 amide bonds. The third-order valence-corrected chi connectivity index (χ3v) is 5.28. The van der Waals surface area contributed by atoms with Gasteiger partial charge in [0.15, 0.2) is 0 Å². The van der Waals surface area contributed by atoms with Gasteiger partial charge in [0.25, 0.3) is 0 Å². The summed E-state index contributed by atoms with van der Waals surface area (Å²) in [7, 11) is 0. The van der Waals surface area contributed by atoms with Gasteiger partial charge in [0, 0.05) is 58.4 Å². The highest BCUT2D eigenvalue weighted by Gasteiger charge is 2.19. The number of carbonyl (C=O) groups excluding carboxylic acids is 4. The number of unbranched alkanes of at least 4 members (excludes halogenated alkanes) is 3. The van der Waals surface area contributed by atoms with E-state index in [0.717, 1.165) is 19.3 Å². The summed E-state index contributed by atoms with van der Waals surface area (Å²) in [6.07, 6.45) is 5.30. The largest absolute Gasteiger partial charge is 0.481 e. The van der Waals surface area contributed by atoms with Crippen LogP contribution in [0.5, 0.6) is 0 Å². The van der Waals surface area contributed by atoms with E-state index in [9.17, 15) is 28.8 Å². The Morgan fingerprint density at radius 1 is 0.658 bits per heavy atom. The molecule has 1 atom stereocenters. The van der Waals surface area contributed by atoms with Crippen molar-refractivity contribution in [3.8, 4) is 0 Å². The summed E-state index contributed by atoms with van der Waals surface area (Å²) in [5.74, 6) is -2.92. The number of carbonyl (C=O) groups is 6. The van der Waals surface area contributed by atoms with Gasteiger partial charge >= 0.3 is 11.9 Å². The van der Waals surface area contributed by atoms with Crippen molar-refractivity contribution in [1.82, 2.24) is 16.0 Å². The summed E-state index contributed by atoms with van der Waals surface area (Å²) in [5, 5.41) is 25.4. The monoisotopic (exact) mass is 545 g/mol. The van der Waals surface area contributed by atoms with E-state index in [4.69, 9.17) is 19.7 Å². The van der Waals surface area contributed by atoms with E-state index >= 15 is 0 Å². The van der Waals surface area contributed by atoms with E-state index in [0.29, 0.717) is 71.5 Å². The Morgan fingerprint density at radius 3 is 1.71 bits per heavy atom. The van der Waals surface area contributed by atoms with Gasteiger partial charge in [0.05, 0.1) is 13.2 Å². The second kappa shape index (κ2) is 24.3. The van der Waals surface area contributed by atoms with Crippen LogP contribution < -0.4 is 16.0 Å². The molecule has 218 valence electrons. The predicted octanol–water partition coefficient (Wildman–Crippen LogP) is 0.786. The van der Waals surface area contributed by atoms with E-state index in [2.05, 4.69) is 16.0 Å². The predicted molar refractivity (Wildman–Crippen MR) is 136 cm³/mol. The summed E-state index contributed by atoms with van der Waals surface area (Å²) in [4.78, 5) is 67.1. The Kier molecular flexibility index (Phi) is 22.3. The first-order chi connectivity index (χ1) is 18.3. The highest BCUT2D eigenvalue weighted by Crippen LogP contribution is 2.05. The Hall–Kier alpha value is -3.06. The minimum atomic E-state index is -1.23. The van der Waals surface area contributed by atoms with Gasteiger partial charge in [-0.2, -0.15) is 0 Å². The number of nitrogens with one attached hydrogen (secondary N) is 3. The number of rotatable bonds is 26. The SMILES string of the molecule is O=CCC[C@H](NC(=O)CCC(=O)NCCCOCCOCCCNC(=O)CCCCCCC(=O)O)C(=O)O. The summed E-state index contributed by atoms with van der Waals surface area (Å²) >= 11 is 0. The van der Waals surface area contributed by atoms with Crippen molar-refractivity contribution in [2.45, 2.75) is 83.1 Å². The van der Waals surface area contributed by atoms with Gasteiger partial charge in [-0.3, -0.25) is 19.2 Å². The summed E-state index contributed by atoms with van der Waals surface area (Å²) in [6.45, 7) is 2.63. The molecule has 0 bridgehead atoms. The highest BCUT2D eigenvalue weighted by molar-refractivity contribution is 5.87. The zero-order valence-electron chi connectivity index (χ0n) is 22.0. The van der Waals surface area contributed by atoms with Crippen LogP contribution in [0.4, 0.5) is 0 Å². The van der Waals surface area contributed by atoms with E-state index < -0.39 is 23.9 Å². The zero-order chi connectivity index (χ0) is 28.4. The van der Waals surface area contributed by atoms with Crippen LogP contribution in [0.15, 0.2) is 0 Å². The van der Waals surface area contributed by atoms with Crippen molar-refractivity contribution >= 4 is 35.9 Å². The van der Waals surface area contributed by atoms with Gasteiger partial charge in [-0.1, -0.05) is 12.8 Å². The first-order valence-electron chi connectivity index (χ1n) is 13.1. The Morgan fingerprint density at radius 2 is 1.18 bits per heavy atom. The first kappa shape index (κ1) is 34.9. The topological polar surface area (TPSA) is 197 Å². The fraction of sp³-hybridized carbons (Fsp3) is 0.760. The van der Waals surface area contributed by atoms with Crippen LogP contribution in [0.25, 0.3) is 0 Å². The summed E-state index contributed by atoms with van der Waals surface area (Å²) in [6, 6.07) is -1.15. The van der Waals surface area contributed by atoms with E-state index in [1.807, 2.05) is 0 Å². The molecule has 0 aromatic rings. The third-order valence-electron chi connectivity index (χ3n) is 5.28. The van der Waals surface area contributed by atoms with E-state index in [1.54, 1.807) is 0 Å². The van der Waals surface area contributed by atoms with Crippen LogP contribution >= 0.6 is 0 Å². The van der Waals surface area contributed by atoms with Crippen molar-refractivity contribution in [3.63, 3.8) is 0 Å². The number of hydrogen-bond donors (Lipinski definition) is 5. The number of aldehydes is 1. The minimum Gasteiger partial charge on any atom is -0.481 e. The number of hydrogen-bond acceptors (Lipinski definition) is 8. The van der Waals surface area contributed by atoms with Crippen LogP contribution in [-0.4, -0.2) is 91.7 Å². The zero-order valence-corrected chi connectivity index (χ0v) is 22.0. The quantitative estimate of drug-likeness (QED) is 0.0765. The van der Waals surface area contributed by atoms with Gasteiger partial charge < -0.3 is 40.4 Å². The molecule has 0 aromatic carbocycles. The molecule has 0 spiro atoms. The average Bonchev–Trinajstić information content (AvgIpc) is 2.87. The maximum absolute atomic E-state index is 11.8. The lowest BCUT2D eigenvalue weighted by Gasteiger charge is -2.13. The summed E-state index contributed by atoms with van der Waals surface area (Å²) in [5.41, 5.74) is 0. The number of carboxylic acid groups (broad SMARTS) is 2. The Balaban J connectivity index is 3.50. The molecule has 0 aromatic heterocycles. The minimum absolute atomic E-state index is 0.000931. The number of aliphatic carboxylic acids is 2. The van der Waals surface area contributed by atoms with Crippen LogP contribution in [0, 0.1) is 0 Å². The van der Waals surface area contributed by atoms with Gasteiger partial charge in [0.2, 0.25) is 17.7 Å². The van der Waals surface area contributed by atoms with E-state index in [1.165, 1.54) is 0 Å². The average molecular weight is 546 g/mol. The lowest BCUT2D eigenvalue weighted by Crippen LogP contribution is -2.41. The van der Waals surface area contributed by atoms with Gasteiger partial charge in [-0.05, 0) is 32.1 Å². The van der Waals surface area contributed by atoms with Crippen LogP contribution in [0.2, 0.25) is 0 Å². The molecule has 0 fully saturated rings. The maximum Gasteiger partial charge on any atom is 0.326 e. The lowest BCUT2D eigenvalue weighted by atomic mass is 10.1. The highest BCUT2D eigenvalue weighted by atomic mass is 16.5. The first-order valence-corrected chi connectivity index (χ1v) is 13.1. The van der Waals surface area contributed by atoms with Crippen LogP contribution in [-0.2, 0) is 38.2 Å². The van der Waals surface area contributed by atoms with Gasteiger partial charge in [-0.15, -0.1) is 0 Å². The second-order valence-electron chi connectivity index (χ2n) is 8.64. The fourth-order valence-electron chi connectivity index (χ4n) is 3.20. The molecule has 5 N–H and O–H groups in total. The van der Waals surface area contributed by atoms with Gasteiger partial charge in [-0.25, -0.2) is 4.79 Å². The lowest BCUT2D eigenvalue weighted by molar-refractivity contribution is -0.142. The van der Waals surface area contributed by atoms with Crippen LogP contribution in [0.3, 0.4) is 0 Å². The van der Waals surface area contributed by atoms with E-state index in [-0.39, 0.29) is 43.9 Å². The fourth-order valence-corrected chi connectivity index (χ4v) is 3.20. The van der Waals surface area contributed by atoms with Crippen molar-refractivity contribution in [2.24, 2.45) is 0 Å². The van der Waals surface area contributed by atoms with Crippen molar-refractivity contribution in [3.05, 3.63) is 0 Å². The molecule has 0 aliphatic carbocycles. The summed E-state index contributed by atoms with van der Waals surface area (Å²) < 4.78 is 10.9. The van der Waals surface area contributed by atoms with Gasteiger partial charge in [0.1, 0.15) is 12.3 Å². The molecular formula is C25H43N3O10. The second-order valence-corrected chi connectivity index (χ2v) is 8.64. The molecule has 0 unspecified atom stereocenters. The van der Waals surface area contributed by atoms with Crippen molar-refractivity contribution < 1.29 is 48.5 Å². The van der Waals surface area contributed by atoms with Crippen molar-refractivity contribution in [2.75, 3.05) is 39.5 Å². The molecular weight excluding hydrogens is 502 g/mol. The number of ether oxygens (including phenoxy) is 2. The molecule has 0 aliphatic rings. The Bertz CT molecular complexity index is 718. The molecule has 13 heteroatoms. The van der Waals surface area contributed by atoms with Crippen LogP contribution in [0.1, 0.15) is 77.0 Å². The Labute approximate surface area is 223 Å². The third kappa shape index (κ3) is 23.3. The number of amides is 3. The molecule has 0 radical (unpaired) electrons. The molecule has 0 heterocycles. The molecule has 0 rings (SSSR count). The van der Waals surface area contributed by atoms with Crippen molar-refractivity contribution in [1.29, 1.82) is 0 Å². The standard InChI is InChI=1S/C25H43N3O10/c29-15-5-8-20(25(35)36)28-23(32)12-11-22(31)27-14-7-17-38-19-18-37-16-6-13-26-21(30)9-3-1-2-4-10-24(33)34/h15,20H,1-14,16-19H2,(H,26,30)(H,27,31)(H,28,32)(H,33,34)(H,35,36)/t20-/m0/s1. The molecule has 38 heavy (non-hydrogen) atoms. The molecule has 0 saturated carbocycles. The maximum atomic E-state index is 11.8. The number of carboxylic acids is 2. The molecule has 0 saturated heterocycles. The smallest absolute Gasteiger partial charge is 0.326 e.